The summed E-state index contributed by atoms with van der Waals surface area (Å²) < 4.78 is 2.21. The van der Waals surface area contributed by atoms with Gasteiger partial charge in [0.2, 0.25) is 0 Å². The number of thiazole rings is 1. The number of aromatic nitrogens is 2. The highest BCUT2D eigenvalue weighted by Gasteiger charge is 2.18. The predicted octanol–water partition coefficient (Wildman–Crippen LogP) is 2.33. The van der Waals surface area contributed by atoms with E-state index >= 15 is 0 Å². The van der Waals surface area contributed by atoms with Crippen LogP contribution in [0.2, 0.25) is 0 Å². The van der Waals surface area contributed by atoms with Crippen molar-refractivity contribution >= 4 is 11.3 Å². The first kappa shape index (κ1) is 10.1. The molecule has 2 N–H and O–H groups in total. The lowest BCUT2D eigenvalue weighted by molar-refractivity contribution is 0.573. The van der Waals surface area contributed by atoms with E-state index in [0.29, 0.717) is 0 Å². The predicted molar refractivity (Wildman–Crippen MR) is 65.5 cm³/mol. The van der Waals surface area contributed by atoms with E-state index in [9.17, 15) is 0 Å². The van der Waals surface area contributed by atoms with Crippen LogP contribution in [-0.4, -0.2) is 9.55 Å². The summed E-state index contributed by atoms with van der Waals surface area (Å²) in [6.07, 6.45) is 7.93. The van der Waals surface area contributed by atoms with Crippen LogP contribution < -0.4 is 5.73 Å². The third-order valence-corrected chi connectivity index (χ3v) is 3.82. The van der Waals surface area contributed by atoms with Crippen molar-refractivity contribution in [3.63, 3.8) is 0 Å². The van der Waals surface area contributed by atoms with Crippen molar-refractivity contribution in [3.05, 3.63) is 40.1 Å². The van der Waals surface area contributed by atoms with Gasteiger partial charge in [-0.15, -0.1) is 11.3 Å². The maximum Gasteiger partial charge on any atom is 0.0795 e. The molecule has 2 aromatic rings. The largest absolute Gasteiger partial charge is 0.348 e. The minimum absolute atomic E-state index is 0.237. The zero-order valence-corrected chi connectivity index (χ0v) is 9.91. The molecular weight excluding hydrogens is 218 g/mol. The summed E-state index contributed by atoms with van der Waals surface area (Å²) in [4.78, 5) is 4.30. The third kappa shape index (κ3) is 1.79. The van der Waals surface area contributed by atoms with E-state index in [1.165, 1.54) is 24.0 Å². The number of nitrogens with zero attached hydrogens (tertiary/aromatic N) is 2. The van der Waals surface area contributed by atoms with Crippen LogP contribution in [0.15, 0.2) is 23.3 Å². The molecule has 3 nitrogen and oxygen atoms in total. The molecule has 84 valence electrons. The van der Waals surface area contributed by atoms with E-state index in [1.807, 2.05) is 5.51 Å². The molecule has 1 unspecified atom stereocenters. The molecule has 0 aliphatic heterocycles. The summed E-state index contributed by atoms with van der Waals surface area (Å²) >= 11 is 1.65. The van der Waals surface area contributed by atoms with E-state index in [0.717, 1.165) is 18.7 Å². The Kier molecular flexibility index (Phi) is 2.53. The number of hydrogen-bond acceptors (Lipinski definition) is 3. The number of fused-ring (bicyclic) bond motifs is 1. The Morgan fingerprint density at radius 3 is 3.19 bits per heavy atom. The highest BCUT2D eigenvalue weighted by atomic mass is 32.1. The molecule has 0 saturated carbocycles. The molecule has 3 rings (SSSR count). The fourth-order valence-electron chi connectivity index (χ4n) is 2.38. The van der Waals surface area contributed by atoms with Crippen molar-refractivity contribution in [1.82, 2.24) is 9.55 Å². The van der Waals surface area contributed by atoms with Crippen molar-refractivity contribution in [3.8, 4) is 0 Å². The van der Waals surface area contributed by atoms with Crippen molar-refractivity contribution in [2.24, 2.45) is 5.73 Å². The molecule has 1 aliphatic carbocycles. The first-order valence-corrected chi connectivity index (χ1v) is 6.58. The van der Waals surface area contributed by atoms with Crippen molar-refractivity contribution < 1.29 is 0 Å². The summed E-state index contributed by atoms with van der Waals surface area (Å²) in [5.74, 6) is 0. The molecular formula is C12H15N3S. The standard InChI is InChI=1S/C12H15N3S/c13-12-3-1-2-9-4-15(6-11(9)12)5-10-7-16-8-14-10/h4,6-8,12H,1-3,5,13H2. The number of hydrogen-bond donors (Lipinski definition) is 1. The molecule has 0 fully saturated rings. The van der Waals surface area contributed by atoms with Gasteiger partial charge in [-0.3, -0.25) is 0 Å². The maximum atomic E-state index is 6.11. The Hall–Kier alpha value is -1.13. The number of aryl methyl sites for hydroxylation is 1. The van der Waals surface area contributed by atoms with Gasteiger partial charge in [0.1, 0.15) is 0 Å². The molecule has 1 aliphatic rings. The second kappa shape index (κ2) is 4.03. The first-order valence-electron chi connectivity index (χ1n) is 5.64. The minimum Gasteiger partial charge on any atom is -0.348 e. The first-order chi connectivity index (χ1) is 7.83. The second-order valence-electron chi connectivity index (χ2n) is 4.39. The monoisotopic (exact) mass is 233 g/mol. The molecule has 0 spiro atoms. The molecule has 0 aromatic carbocycles. The lowest BCUT2D eigenvalue weighted by atomic mass is 9.92. The van der Waals surface area contributed by atoms with Crippen molar-refractivity contribution in [2.75, 3.05) is 0 Å². The smallest absolute Gasteiger partial charge is 0.0795 e. The average Bonchev–Trinajstić information content (AvgIpc) is 2.88. The van der Waals surface area contributed by atoms with E-state index in [4.69, 9.17) is 5.73 Å². The zero-order valence-electron chi connectivity index (χ0n) is 9.10. The fourth-order valence-corrected chi connectivity index (χ4v) is 2.93. The van der Waals surface area contributed by atoms with Crippen molar-refractivity contribution in [2.45, 2.75) is 31.8 Å². The number of rotatable bonds is 2. The van der Waals surface area contributed by atoms with Gasteiger partial charge in [0.25, 0.3) is 0 Å². The highest BCUT2D eigenvalue weighted by molar-refractivity contribution is 7.07. The van der Waals surface area contributed by atoms with Crippen LogP contribution in [0.4, 0.5) is 0 Å². The SMILES string of the molecule is NC1CCCc2cn(Cc3cscn3)cc21. The summed E-state index contributed by atoms with van der Waals surface area (Å²) in [6.45, 7) is 0.864. The van der Waals surface area contributed by atoms with E-state index in [-0.39, 0.29) is 6.04 Å². The van der Waals surface area contributed by atoms with Gasteiger partial charge < -0.3 is 10.3 Å². The van der Waals surface area contributed by atoms with Crippen LogP contribution >= 0.6 is 11.3 Å². The molecule has 2 aromatic heterocycles. The Morgan fingerprint density at radius 1 is 1.50 bits per heavy atom. The average molecular weight is 233 g/mol. The normalized spacial score (nSPS) is 19.7. The van der Waals surface area contributed by atoms with Crippen LogP contribution in [0.3, 0.4) is 0 Å². The van der Waals surface area contributed by atoms with Crippen molar-refractivity contribution in [1.29, 1.82) is 0 Å². The summed E-state index contributed by atoms with van der Waals surface area (Å²) in [7, 11) is 0. The summed E-state index contributed by atoms with van der Waals surface area (Å²) in [5, 5.41) is 2.10. The van der Waals surface area contributed by atoms with Crippen LogP contribution in [-0.2, 0) is 13.0 Å². The quantitative estimate of drug-likeness (QED) is 0.865. The van der Waals surface area contributed by atoms with Crippen LogP contribution in [0.25, 0.3) is 0 Å². The molecule has 16 heavy (non-hydrogen) atoms. The lowest BCUT2D eigenvalue weighted by Crippen LogP contribution is -2.15. The van der Waals surface area contributed by atoms with Gasteiger partial charge in [-0.2, -0.15) is 0 Å². The molecule has 1 atom stereocenters. The van der Waals surface area contributed by atoms with Gasteiger partial charge in [-0.25, -0.2) is 4.98 Å². The molecule has 2 heterocycles. The maximum absolute atomic E-state index is 6.11. The van der Waals surface area contributed by atoms with Crippen LogP contribution in [0, 0.1) is 0 Å². The van der Waals surface area contributed by atoms with Gasteiger partial charge in [-0.1, -0.05) is 0 Å². The Bertz CT molecular complexity index is 472. The number of nitrogens with two attached hydrogens (primary N) is 1. The summed E-state index contributed by atoms with van der Waals surface area (Å²) in [5.41, 5.74) is 11.9. The Labute approximate surface area is 98.9 Å². The van der Waals surface area contributed by atoms with Gasteiger partial charge in [0.15, 0.2) is 0 Å². The van der Waals surface area contributed by atoms with E-state index in [2.05, 4.69) is 27.3 Å². The molecule has 4 heteroatoms. The molecule has 0 bridgehead atoms. The molecule has 0 saturated heterocycles. The lowest BCUT2D eigenvalue weighted by Gasteiger charge is -2.17. The summed E-state index contributed by atoms with van der Waals surface area (Å²) in [6, 6.07) is 0.237. The third-order valence-electron chi connectivity index (χ3n) is 3.19. The fraction of sp³-hybridized carbons (Fsp3) is 0.417. The molecule has 0 radical (unpaired) electrons. The zero-order chi connectivity index (χ0) is 11.0. The Balaban J connectivity index is 1.87. The van der Waals surface area contributed by atoms with Crippen LogP contribution in [0.5, 0.6) is 0 Å². The minimum atomic E-state index is 0.237. The van der Waals surface area contributed by atoms with Gasteiger partial charge in [0.05, 0.1) is 17.7 Å². The van der Waals surface area contributed by atoms with Gasteiger partial charge in [0, 0.05) is 23.8 Å². The molecule has 0 amide bonds. The van der Waals surface area contributed by atoms with Gasteiger partial charge in [-0.05, 0) is 30.4 Å². The van der Waals surface area contributed by atoms with Gasteiger partial charge >= 0.3 is 0 Å². The van der Waals surface area contributed by atoms with Crippen LogP contribution in [0.1, 0.15) is 35.7 Å². The van der Waals surface area contributed by atoms with E-state index < -0.39 is 0 Å². The Morgan fingerprint density at radius 2 is 2.44 bits per heavy atom. The topological polar surface area (TPSA) is 43.8 Å². The second-order valence-corrected chi connectivity index (χ2v) is 5.11. The van der Waals surface area contributed by atoms with E-state index in [1.54, 1.807) is 11.3 Å². The highest BCUT2D eigenvalue weighted by Crippen LogP contribution is 2.28.